The van der Waals surface area contributed by atoms with Crippen molar-refractivity contribution in [2.45, 2.75) is 57.2 Å². The van der Waals surface area contributed by atoms with E-state index in [1.807, 2.05) is 0 Å². The molecule has 1 aromatic heterocycles. The van der Waals surface area contributed by atoms with Crippen LogP contribution in [0, 0.1) is 5.41 Å². The SMILES string of the molecule is c1ccc(C2CC2NCC2(CNCc3cnc4n3CCC4)CC2)cc1. The first-order valence-electron chi connectivity index (χ1n) is 9.85. The molecule has 2 fully saturated rings. The maximum atomic E-state index is 4.54. The first-order valence-corrected chi connectivity index (χ1v) is 9.85. The molecule has 0 bridgehead atoms. The summed E-state index contributed by atoms with van der Waals surface area (Å²) in [5.74, 6) is 2.01. The third-order valence-electron chi connectivity index (χ3n) is 6.32. The monoisotopic (exact) mass is 336 g/mol. The van der Waals surface area contributed by atoms with Crippen molar-refractivity contribution >= 4 is 0 Å². The number of rotatable bonds is 8. The molecule has 4 heteroatoms. The lowest BCUT2D eigenvalue weighted by Crippen LogP contribution is -2.34. The molecule has 1 aliphatic heterocycles. The summed E-state index contributed by atoms with van der Waals surface area (Å²) < 4.78 is 2.40. The molecule has 0 spiro atoms. The average Bonchev–Trinajstić information content (AvgIpc) is 3.50. The molecule has 2 saturated carbocycles. The number of hydrogen-bond donors (Lipinski definition) is 2. The lowest BCUT2D eigenvalue weighted by Gasteiger charge is -2.17. The second-order valence-electron chi connectivity index (χ2n) is 8.26. The van der Waals surface area contributed by atoms with Gasteiger partial charge >= 0.3 is 0 Å². The van der Waals surface area contributed by atoms with E-state index in [0.29, 0.717) is 11.5 Å². The van der Waals surface area contributed by atoms with Crippen LogP contribution in [0.25, 0.3) is 0 Å². The van der Waals surface area contributed by atoms with Crippen molar-refractivity contribution in [3.8, 4) is 0 Å². The van der Waals surface area contributed by atoms with E-state index in [4.69, 9.17) is 0 Å². The van der Waals surface area contributed by atoms with Crippen molar-refractivity contribution in [3.05, 3.63) is 53.6 Å². The van der Waals surface area contributed by atoms with Crippen LogP contribution < -0.4 is 10.6 Å². The molecule has 2 unspecified atom stereocenters. The molecule has 2 heterocycles. The Kier molecular flexibility index (Phi) is 3.90. The van der Waals surface area contributed by atoms with Gasteiger partial charge in [-0.25, -0.2) is 4.98 Å². The predicted octanol–water partition coefficient (Wildman–Crippen LogP) is 2.84. The van der Waals surface area contributed by atoms with Gasteiger partial charge in [0.15, 0.2) is 0 Å². The maximum absolute atomic E-state index is 4.54. The minimum atomic E-state index is 0.498. The Bertz CT molecular complexity index is 732. The Hall–Kier alpha value is -1.65. The number of imidazole rings is 1. The van der Waals surface area contributed by atoms with Crippen LogP contribution in [0.2, 0.25) is 0 Å². The summed E-state index contributed by atoms with van der Waals surface area (Å²) in [4.78, 5) is 4.54. The molecule has 3 aliphatic rings. The number of benzene rings is 1. The molecule has 0 radical (unpaired) electrons. The number of aromatic nitrogens is 2. The summed E-state index contributed by atoms with van der Waals surface area (Å²) in [6, 6.07) is 11.7. The number of aryl methyl sites for hydroxylation is 1. The first-order chi connectivity index (χ1) is 12.3. The Morgan fingerprint density at radius 3 is 2.88 bits per heavy atom. The lowest BCUT2D eigenvalue weighted by molar-refractivity contribution is 0.417. The molecule has 2 aromatic rings. The van der Waals surface area contributed by atoms with Crippen LogP contribution in [-0.2, 0) is 19.5 Å². The lowest BCUT2D eigenvalue weighted by atomic mass is 10.1. The van der Waals surface area contributed by atoms with Gasteiger partial charge in [-0.15, -0.1) is 0 Å². The van der Waals surface area contributed by atoms with Gasteiger partial charge in [-0.1, -0.05) is 30.3 Å². The van der Waals surface area contributed by atoms with Crippen LogP contribution in [0.3, 0.4) is 0 Å². The van der Waals surface area contributed by atoms with Crippen molar-refractivity contribution in [1.82, 2.24) is 20.2 Å². The van der Waals surface area contributed by atoms with Crippen molar-refractivity contribution in [2.75, 3.05) is 13.1 Å². The summed E-state index contributed by atoms with van der Waals surface area (Å²) in [6.45, 7) is 4.41. The van der Waals surface area contributed by atoms with Crippen molar-refractivity contribution in [2.24, 2.45) is 5.41 Å². The second-order valence-corrected chi connectivity index (χ2v) is 8.26. The zero-order valence-corrected chi connectivity index (χ0v) is 14.9. The van der Waals surface area contributed by atoms with Gasteiger partial charge in [0, 0.05) is 50.8 Å². The highest BCUT2D eigenvalue weighted by atomic mass is 15.1. The third kappa shape index (κ3) is 3.25. The quantitative estimate of drug-likeness (QED) is 0.779. The van der Waals surface area contributed by atoms with Gasteiger partial charge in [0.05, 0.1) is 5.69 Å². The van der Waals surface area contributed by atoms with E-state index in [0.717, 1.165) is 32.0 Å². The van der Waals surface area contributed by atoms with E-state index < -0.39 is 0 Å². The number of nitrogens with zero attached hydrogens (tertiary/aromatic N) is 2. The fraction of sp³-hybridized carbons (Fsp3) is 0.571. The fourth-order valence-corrected chi connectivity index (χ4v) is 4.35. The predicted molar refractivity (Wildman–Crippen MR) is 99.5 cm³/mol. The molecule has 5 rings (SSSR count). The third-order valence-corrected chi connectivity index (χ3v) is 6.32. The Balaban J connectivity index is 1.08. The largest absolute Gasteiger partial charge is 0.331 e. The number of hydrogen-bond acceptors (Lipinski definition) is 3. The van der Waals surface area contributed by atoms with Gasteiger partial charge in [-0.2, -0.15) is 0 Å². The normalized spacial score (nSPS) is 25.8. The van der Waals surface area contributed by atoms with Crippen LogP contribution in [0.5, 0.6) is 0 Å². The molecule has 0 amide bonds. The van der Waals surface area contributed by atoms with Crippen LogP contribution in [0.4, 0.5) is 0 Å². The second kappa shape index (κ2) is 6.26. The molecule has 4 nitrogen and oxygen atoms in total. The van der Waals surface area contributed by atoms with E-state index >= 15 is 0 Å². The average molecular weight is 336 g/mol. The Morgan fingerprint density at radius 2 is 2.04 bits per heavy atom. The van der Waals surface area contributed by atoms with Crippen LogP contribution in [-0.4, -0.2) is 28.7 Å². The molecule has 2 aliphatic carbocycles. The van der Waals surface area contributed by atoms with E-state index in [2.05, 4.69) is 56.7 Å². The summed E-state index contributed by atoms with van der Waals surface area (Å²) in [7, 11) is 0. The minimum absolute atomic E-state index is 0.498. The molecule has 0 saturated heterocycles. The molecule has 132 valence electrons. The van der Waals surface area contributed by atoms with Crippen molar-refractivity contribution in [3.63, 3.8) is 0 Å². The van der Waals surface area contributed by atoms with Crippen LogP contribution >= 0.6 is 0 Å². The summed E-state index contributed by atoms with van der Waals surface area (Å²) in [5, 5.41) is 7.54. The van der Waals surface area contributed by atoms with Gasteiger partial charge in [0.2, 0.25) is 0 Å². The van der Waals surface area contributed by atoms with Gasteiger partial charge in [0.1, 0.15) is 5.82 Å². The highest BCUT2D eigenvalue weighted by Gasteiger charge is 2.45. The highest BCUT2D eigenvalue weighted by molar-refractivity contribution is 5.27. The standard InChI is InChI=1S/C21H28N4/c1-2-5-16(6-3-1)18-11-19(18)24-15-21(8-9-21)14-22-12-17-13-23-20-7-4-10-25(17)20/h1-3,5-6,13,18-19,22,24H,4,7-12,14-15H2. The molecule has 25 heavy (non-hydrogen) atoms. The van der Waals surface area contributed by atoms with Gasteiger partial charge in [0.25, 0.3) is 0 Å². The zero-order valence-electron chi connectivity index (χ0n) is 14.9. The summed E-state index contributed by atoms with van der Waals surface area (Å²) >= 11 is 0. The van der Waals surface area contributed by atoms with E-state index in [9.17, 15) is 0 Å². The molecular formula is C21H28N4. The van der Waals surface area contributed by atoms with Gasteiger partial charge < -0.3 is 15.2 Å². The van der Waals surface area contributed by atoms with E-state index in [-0.39, 0.29) is 0 Å². The van der Waals surface area contributed by atoms with E-state index in [1.54, 1.807) is 0 Å². The molecule has 2 atom stereocenters. The molecule has 1 aromatic carbocycles. The first kappa shape index (κ1) is 15.6. The number of fused-ring (bicyclic) bond motifs is 1. The highest BCUT2D eigenvalue weighted by Crippen LogP contribution is 2.46. The smallest absolute Gasteiger partial charge is 0.108 e. The van der Waals surface area contributed by atoms with Crippen molar-refractivity contribution in [1.29, 1.82) is 0 Å². The van der Waals surface area contributed by atoms with Gasteiger partial charge in [-0.3, -0.25) is 0 Å². The van der Waals surface area contributed by atoms with Crippen LogP contribution in [0.15, 0.2) is 36.5 Å². The van der Waals surface area contributed by atoms with Crippen LogP contribution in [0.1, 0.15) is 48.7 Å². The topological polar surface area (TPSA) is 41.9 Å². The molecular weight excluding hydrogens is 308 g/mol. The number of nitrogens with one attached hydrogen (secondary N) is 2. The Labute approximate surface area is 150 Å². The van der Waals surface area contributed by atoms with Crippen molar-refractivity contribution < 1.29 is 0 Å². The Morgan fingerprint density at radius 1 is 1.16 bits per heavy atom. The minimum Gasteiger partial charge on any atom is -0.331 e. The zero-order chi connectivity index (χ0) is 16.7. The summed E-state index contributed by atoms with van der Waals surface area (Å²) in [5.41, 5.74) is 3.36. The summed E-state index contributed by atoms with van der Waals surface area (Å²) in [6.07, 6.45) is 8.50. The maximum Gasteiger partial charge on any atom is 0.108 e. The van der Waals surface area contributed by atoms with Gasteiger partial charge in [-0.05, 0) is 36.7 Å². The molecule has 2 N–H and O–H groups in total. The van der Waals surface area contributed by atoms with E-state index in [1.165, 1.54) is 49.3 Å². The fourth-order valence-electron chi connectivity index (χ4n) is 4.35.